The Morgan fingerprint density at radius 1 is 0.714 bits per heavy atom. The molecule has 0 bridgehead atoms. The molecule has 42 heavy (non-hydrogen) atoms. The predicted octanol–water partition coefficient (Wildman–Crippen LogP) is 10.4. The molecule has 2 N–H and O–H groups in total. The van der Waals surface area contributed by atoms with Gasteiger partial charge >= 0.3 is 0 Å². The highest BCUT2D eigenvalue weighted by atomic mass is 16.3. The van der Waals surface area contributed by atoms with E-state index in [1.807, 2.05) is 6.08 Å². The van der Waals surface area contributed by atoms with E-state index < -0.39 is 0 Å². The van der Waals surface area contributed by atoms with Gasteiger partial charge in [-0.05, 0) is 77.2 Å². The molecule has 0 fully saturated rings. The maximum absolute atomic E-state index is 10.1. The summed E-state index contributed by atoms with van der Waals surface area (Å²) in [6.45, 7) is 21.6. The van der Waals surface area contributed by atoms with E-state index in [-0.39, 0.29) is 23.0 Å². The van der Waals surface area contributed by atoms with Crippen LogP contribution in [-0.4, -0.2) is 22.4 Å². The van der Waals surface area contributed by atoms with Crippen LogP contribution in [0.25, 0.3) is 0 Å². The monoisotopic (exact) mass is 568 g/mol. The average Bonchev–Trinajstić information content (AvgIpc) is 2.84. The summed E-state index contributed by atoms with van der Waals surface area (Å²) in [6.07, 6.45) is 33.8. The number of aliphatic hydroxyl groups excluding tert-OH is 2. The minimum Gasteiger partial charge on any atom is -0.393 e. The van der Waals surface area contributed by atoms with E-state index in [4.69, 9.17) is 0 Å². The fourth-order valence-electron chi connectivity index (χ4n) is 6.14. The molecule has 2 heteroatoms. The Labute approximate surface area is 257 Å². The second kappa shape index (κ2) is 16.1. The van der Waals surface area contributed by atoms with Crippen LogP contribution < -0.4 is 0 Å². The fraction of sp³-hybridized carbons (Fsp3) is 0.450. The second-order valence-electron chi connectivity index (χ2n) is 13.7. The van der Waals surface area contributed by atoms with Gasteiger partial charge in [-0.15, -0.1) is 0 Å². The number of hydrogen-bond donors (Lipinski definition) is 2. The molecular weight excluding hydrogens is 512 g/mol. The van der Waals surface area contributed by atoms with Crippen molar-refractivity contribution in [3.8, 4) is 0 Å². The van der Waals surface area contributed by atoms with Crippen LogP contribution >= 0.6 is 0 Å². The van der Waals surface area contributed by atoms with Crippen molar-refractivity contribution in [1.29, 1.82) is 0 Å². The van der Waals surface area contributed by atoms with Crippen molar-refractivity contribution in [2.24, 2.45) is 16.7 Å². The molecule has 3 atom stereocenters. The molecule has 0 saturated heterocycles. The summed E-state index contributed by atoms with van der Waals surface area (Å²) in [6, 6.07) is 0. The number of allylic oxidation sites excluding steroid dienone is 20. The molecule has 2 aliphatic rings. The van der Waals surface area contributed by atoms with Crippen molar-refractivity contribution in [3.05, 3.63) is 130 Å². The summed E-state index contributed by atoms with van der Waals surface area (Å²) in [7, 11) is 0. The second-order valence-corrected chi connectivity index (χ2v) is 13.7. The van der Waals surface area contributed by atoms with E-state index in [1.165, 1.54) is 39.0 Å². The van der Waals surface area contributed by atoms with E-state index in [0.29, 0.717) is 5.92 Å². The third kappa shape index (κ3) is 11.7. The summed E-state index contributed by atoms with van der Waals surface area (Å²) in [5.74, 6) is 0.348. The molecule has 0 heterocycles. The molecule has 0 radical (unpaired) electrons. The highest BCUT2D eigenvalue weighted by Gasteiger charge is 2.34. The third-order valence-corrected chi connectivity index (χ3v) is 8.33. The Morgan fingerprint density at radius 3 is 1.74 bits per heavy atom. The molecule has 0 aromatic carbocycles. The van der Waals surface area contributed by atoms with E-state index in [1.54, 1.807) is 0 Å². The number of aliphatic hydroxyl groups is 2. The SMILES string of the molecule is CC1=C[C@@H](O)CC(C)(C)[C@@H]1/C=C/C(C)=C/C=C/C(C)=C/C=C/C=C(C)/C=C/C=C(C)\C=C\C1=C(C)C[C@@H](O)CC1(C)C. The van der Waals surface area contributed by atoms with Crippen LogP contribution in [0, 0.1) is 16.7 Å². The lowest BCUT2D eigenvalue weighted by molar-refractivity contribution is 0.116. The maximum atomic E-state index is 10.1. The smallest absolute Gasteiger partial charge is 0.0729 e. The minimum absolute atomic E-state index is 0.00528. The number of rotatable bonds is 10. The molecule has 0 aliphatic heterocycles. The van der Waals surface area contributed by atoms with Crippen molar-refractivity contribution < 1.29 is 10.2 Å². The van der Waals surface area contributed by atoms with Crippen molar-refractivity contribution >= 4 is 0 Å². The maximum Gasteiger partial charge on any atom is 0.0729 e. The van der Waals surface area contributed by atoms with Gasteiger partial charge in [0.2, 0.25) is 0 Å². The van der Waals surface area contributed by atoms with Crippen LogP contribution in [0.3, 0.4) is 0 Å². The Kier molecular flexibility index (Phi) is 13.5. The topological polar surface area (TPSA) is 40.5 Å². The summed E-state index contributed by atoms with van der Waals surface area (Å²) in [5.41, 5.74) is 8.73. The molecule has 0 aromatic rings. The van der Waals surface area contributed by atoms with Crippen LogP contribution in [0.2, 0.25) is 0 Å². The lowest BCUT2D eigenvalue weighted by Gasteiger charge is -2.38. The summed E-state index contributed by atoms with van der Waals surface area (Å²) < 4.78 is 0. The van der Waals surface area contributed by atoms with Crippen LogP contribution in [0.15, 0.2) is 130 Å². The van der Waals surface area contributed by atoms with Gasteiger partial charge in [0.15, 0.2) is 0 Å². The molecule has 2 rings (SSSR count). The lowest BCUT2D eigenvalue weighted by Crippen LogP contribution is -2.32. The first-order valence-corrected chi connectivity index (χ1v) is 15.4. The largest absolute Gasteiger partial charge is 0.393 e. The normalized spacial score (nSPS) is 26.6. The molecular formula is C40H56O2. The van der Waals surface area contributed by atoms with Crippen molar-refractivity contribution in [2.45, 2.75) is 101 Å². The van der Waals surface area contributed by atoms with E-state index in [9.17, 15) is 10.2 Å². The lowest BCUT2D eigenvalue weighted by atomic mass is 9.67. The van der Waals surface area contributed by atoms with Crippen molar-refractivity contribution in [1.82, 2.24) is 0 Å². The average molecular weight is 569 g/mol. The molecule has 0 amide bonds. The highest BCUT2D eigenvalue weighted by Crippen LogP contribution is 2.42. The minimum atomic E-state index is -0.331. The Balaban J connectivity index is 1.90. The van der Waals surface area contributed by atoms with Crippen LogP contribution in [0.4, 0.5) is 0 Å². The standard InChI is InChI=1S/C40H56O2/c1-29(17-13-19-31(3)21-23-37-33(5)25-35(41)27-39(37,7)8)15-11-12-16-30(2)18-14-20-32(4)22-24-38-34(6)26-36(42)28-40(38,9)10/h11-25,35-37,41-42H,26-28H2,1-10H3/b12-11+,17-13+,18-14+,23-21+,24-22+,29-15+,30-16+,31-19+,32-20-/t35-,36-,37-/m1/s1. The van der Waals surface area contributed by atoms with E-state index in [0.717, 1.165) is 19.3 Å². The van der Waals surface area contributed by atoms with Gasteiger partial charge in [0.1, 0.15) is 0 Å². The highest BCUT2D eigenvalue weighted by molar-refractivity contribution is 5.38. The number of hydrogen-bond acceptors (Lipinski definition) is 2. The van der Waals surface area contributed by atoms with Gasteiger partial charge in [-0.2, -0.15) is 0 Å². The van der Waals surface area contributed by atoms with E-state index in [2.05, 4.69) is 154 Å². The van der Waals surface area contributed by atoms with Gasteiger partial charge in [0.05, 0.1) is 12.2 Å². The first kappa shape index (κ1) is 35.3. The molecule has 2 aliphatic carbocycles. The molecule has 228 valence electrons. The Hall–Kier alpha value is -2.94. The van der Waals surface area contributed by atoms with Crippen molar-refractivity contribution in [3.63, 3.8) is 0 Å². The zero-order valence-corrected chi connectivity index (χ0v) is 27.9. The third-order valence-electron chi connectivity index (χ3n) is 8.33. The Morgan fingerprint density at radius 2 is 1.21 bits per heavy atom. The quantitative estimate of drug-likeness (QED) is 0.203. The summed E-state index contributed by atoms with van der Waals surface area (Å²) in [4.78, 5) is 0. The molecule has 0 spiro atoms. The predicted molar refractivity (Wildman–Crippen MR) is 184 cm³/mol. The molecule has 2 nitrogen and oxygen atoms in total. The van der Waals surface area contributed by atoms with Gasteiger partial charge in [-0.3, -0.25) is 0 Å². The molecule has 0 unspecified atom stereocenters. The first-order valence-electron chi connectivity index (χ1n) is 15.4. The van der Waals surface area contributed by atoms with E-state index >= 15 is 0 Å². The van der Waals surface area contributed by atoms with Gasteiger partial charge in [-0.25, -0.2) is 0 Å². The van der Waals surface area contributed by atoms with Crippen molar-refractivity contribution in [2.75, 3.05) is 0 Å². The van der Waals surface area contributed by atoms with Crippen LogP contribution in [-0.2, 0) is 0 Å². The molecule has 0 saturated carbocycles. The van der Waals surface area contributed by atoms with Gasteiger partial charge < -0.3 is 10.2 Å². The summed E-state index contributed by atoms with van der Waals surface area (Å²) >= 11 is 0. The first-order chi connectivity index (χ1) is 19.6. The van der Waals surface area contributed by atoms with Gasteiger partial charge in [-0.1, -0.05) is 152 Å². The zero-order chi connectivity index (χ0) is 31.5. The fourth-order valence-corrected chi connectivity index (χ4v) is 6.14. The molecule has 0 aromatic heterocycles. The van der Waals surface area contributed by atoms with Crippen LogP contribution in [0.5, 0.6) is 0 Å². The Bertz CT molecular complexity index is 1270. The van der Waals surface area contributed by atoms with Gasteiger partial charge in [0, 0.05) is 5.92 Å². The zero-order valence-electron chi connectivity index (χ0n) is 27.9. The summed E-state index contributed by atoms with van der Waals surface area (Å²) in [5, 5.41) is 20.2. The van der Waals surface area contributed by atoms with Gasteiger partial charge in [0.25, 0.3) is 0 Å². The van der Waals surface area contributed by atoms with Crippen LogP contribution in [0.1, 0.15) is 88.5 Å².